The molecule has 0 amide bonds. The summed E-state index contributed by atoms with van der Waals surface area (Å²) in [5.41, 5.74) is 0.246. The lowest BCUT2D eigenvalue weighted by Gasteiger charge is -2.19. The fourth-order valence-corrected chi connectivity index (χ4v) is 1.60. The molecule has 0 aliphatic rings. The molecule has 0 saturated carbocycles. The van der Waals surface area contributed by atoms with Gasteiger partial charge < -0.3 is 20.6 Å². The van der Waals surface area contributed by atoms with Gasteiger partial charge in [-0.15, -0.1) is 0 Å². The molecule has 0 bridgehead atoms. The number of phenols is 1. The van der Waals surface area contributed by atoms with Gasteiger partial charge in [0.05, 0.1) is 6.10 Å². The Labute approximate surface area is 99.5 Å². The van der Waals surface area contributed by atoms with Crippen molar-refractivity contribution in [3.63, 3.8) is 0 Å². The van der Waals surface area contributed by atoms with E-state index in [0.29, 0.717) is 18.0 Å². The molecule has 5 heteroatoms. The average Bonchev–Trinajstić information content (AvgIpc) is 2.28. The highest BCUT2D eigenvalue weighted by Gasteiger charge is 2.21. The number of aromatic hydroxyl groups is 1. The zero-order chi connectivity index (χ0) is 12.1. The van der Waals surface area contributed by atoms with Gasteiger partial charge in [-0.2, -0.15) is 0 Å². The number of halogens is 1. The monoisotopic (exact) mass is 245 g/mol. The number of aliphatic hydroxyl groups is 2. The number of rotatable bonds is 5. The molecule has 0 heterocycles. The zero-order valence-corrected chi connectivity index (χ0v) is 9.78. The Balaban J connectivity index is 2.78. The normalized spacial score (nSPS) is 14.8. The van der Waals surface area contributed by atoms with Crippen molar-refractivity contribution >= 4 is 11.6 Å². The van der Waals surface area contributed by atoms with Crippen molar-refractivity contribution in [2.45, 2.75) is 18.6 Å². The van der Waals surface area contributed by atoms with Crippen molar-refractivity contribution in [3.05, 3.63) is 28.8 Å². The van der Waals surface area contributed by atoms with E-state index in [1.165, 1.54) is 18.2 Å². The number of phenolic OH excluding ortho intramolecular Hbond substituents is 1. The molecule has 2 atom stereocenters. The molecule has 2 unspecified atom stereocenters. The molecule has 1 rings (SSSR count). The molecule has 0 radical (unpaired) electrons. The molecule has 0 aromatic heterocycles. The van der Waals surface area contributed by atoms with E-state index in [1.807, 2.05) is 0 Å². The third-order valence-electron chi connectivity index (χ3n) is 2.36. The van der Waals surface area contributed by atoms with Crippen molar-refractivity contribution in [2.24, 2.45) is 0 Å². The molecule has 0 aliphatic heterocycles. The van der Waals surface area contributed by atoms with Crippen molar-refractivity contribution in [2.75, 3.05) is 13.6 Å². The van der Waals surface area contributed by atoms with Gasteiger partial charge in [0.1, 0.15) is 11.9 Å². The van der Waals surface area contributed by atoms with Crippen LogP contribution in [-0.2, 0) is 0 Å². The van der Waals surface area contributed by atoms with Crippen molar-refractivity contribution in [3.8, 4) is 5.75 Å². The first-order chi connectivity index (χ1) is 7.56. The number of hydrogen-bond donors (Lipinski definition) is 4. The van der Waals surface area contributed by atoms with Crippen LogP contribution in [0.15, 0.2) is 18.2 Å². The summed E-state index contributed by atoms with van der Waals surface area (Å²) < 4.78 is 0. The molecular formula is C11H16ClNO3. The van der Waals surface area contributed by atoms with Crippen LogP contribution in [0, 0.1) is 0 Å². The summed E-state index contributed by atoms with van der Waals surface area (Å²) in [6.07, 6.45) is -1.67. The highest BCUT2D eigenvalue weighted by Crippen LogP contribution is 2.29. The second-order valence-corrected chi connectivity index (χ2v) is 4.04. The Morgan fingerprint density at radius 1 is 1.38 bits per heavy atom. The largest absolute Gasteiger partial charge is 0.508 e. The second kappa shape index (κ2) is 6.06. The lowest BCUT2D eigenvalue weighted by molar-refractivity contribution is 0.0127. The highest BCUT2D eigenvalue weighted by molar-refractivity contribution is 6.30. The maximum Gasteiger partial charge on any atom is 0.121 e. The molecule has 90 valence electrons. The van der Waals surface area contributed by atoms with Crippen LogP contribution in [0.4, 0.5) is 0 Å². The number of nitrogens with one attached hydrogen (secondary N) is 1. The van der Waals surface area contributed by atoms with Gasteiger partial charge in [-0.05, 0) is 38.2 Å². The second-order valence-electron chi connectivity index (χ2n) is 3.61. The van der Waals surface area contributed by atoms with E-state index < -0.39 is 12.2 Å². The molecule has 4 N–H and O–H groups in total. The first-order valence-electron chi connectivity index (χ1n) is 5.05. The Kier molecular flexibility index (Phi) is 5.02. The summed E-state index contributed by atoms with van der Waals surface area (Å²) in [5.74, 6) is -0.0691. The van der Waals surface area contributed by atoms with Crippen LogP contribution < -0.4 is 5.32 Å². The molecule has 4 nitrogen and oxygen atoms in total. The van der Waals surface area contributed by atoms with Crippen LogP contribution in [0.25, 0.3) is 0 Å². The lowest BCUT2D eigenvalue weighted by atomic mass is 10.0. The lowest BCUT2D eigenvalue weighted by Crippen LogP contribution is -2.23. The molecule has 1 aromatic carbocycles. The van der Waals surface area contributed by atoms with Crippen molar-refractivity contribution in [1.29, 1.82) is 0 Å². The topological polar surface area (TPSA) is 72.7 Å². The maximum absolute atomic E-state index is 9.82. The van der Waals surface area contributed by atoms with Crippen LogP contribution in [0.5, 0.6) is 5.75 Å². The van der Waals surface area contributed by atoms with Crippen LogP contribution in [0.3, 0.4) is 0 Å². The zero-order valence-electron chi connectivity index (χ0n) is 9.02. The standard InChI is InChI=1S/C11H16ClNO3/c1-13-5-4-10(15)11(16)8-6-7(12)2-3-9(8)14/h2-3,6,10-11,13-16H,4-5H2,1H3. The third-order valence-corrected chi connectivity index (χ3v) is 2.60. The molecule has 0 spiro atoms. The van der Waals surface area contributed by atoms with E-state index in [1.54, 1.807) is 7.05 Å². The maximum atomic E-state index is 9.82. The minimum Gasteiger partial charge on any atom is -0.508 e. The van der Waals surface area contributed by atoms with E-state index in [9.17, 15) is 15.3 Å². The van der Waals surface area contributed by atoms with Crippen LogP contribution in [-0.4, -0.2) is 35.0 Å². The molecule has 0 saturated heterocycles. The van der Waals surface area contributed by atoms with E-state index in [0.717, 1.165) is 0 Å². The molecule has 0 aliphatic carbocycles. The Morgan fingerprint density at radius 3 is 2.69 bits per heavy atom. The Bertz CT molecular complexity index is 346. The van der Waals surface area contributed by atoms with Gasteiger partial charge in [-0.1, -0.05) is 11.6 Å². The van der Waals surface area contributed by atoms with Gasteiger partial charge in [-0.25, -0.2) is 0 Å². The van der Waals surface area contributed by atoms with Crippen molar-refractivity contribution in [1.82, 2.24) is 5.32 Å². The fourth-order valence-electron chi connectivity index (χ4n) is 1.42. The van der Waals surface area contributed by atoms with Gasteiger partial charge in [-0.3, -0.25) is 0 Å². The van der Waals surface area contributed by atoms with Crippen LogP contribution in [0.2, 0.25) is 5.02 Å². The Hall–Kier alpha value is -0.810. The first-order valence-corrected chi connectivity index (χ1v) is 5.43. The van der Waals surface area contributed by atoms with Crippen LogP contribution >= 0.6 is 11.6 Å². The molecule has 1 aromatic rings. The average molecular weight is 246 g/mol. The van der Waals surface area contributed by atoms with Crippen molar-refractivity contribution < 1.29 is 15.3 Å². The van der Waals surface area contributed by atoms with E-state index in [4.69, 9.17) is 11.6 Å². The highest BCUT2D eigenvalue weighted by atomic mass is 35.5. The summed E-state index contributed by atoms with van der Waals surface area (Å²) in [4.78, 5) is 0. The summed E-state index contributed by atoms with van der Waals surface area (Å²) in [6, 6.07) is 4.36. The van der Waals surface area contributed by atoms with Gasteiger partial charge in [0.2, 0.25) is 0 Å². The van der Waals surface area contributed by atoms with E-state index in [2.05, 4.69) is 5.32 Å². The number of benzene rings is 1. The summed E-state index contributed by atoms with van der Waals surface area (Å²) in [7, 11) is 1.76. The van der Waals surface area contributed by atoms with Gasteiger partial charge in [0.25, 0.3) is 0 Å². The third kappa shape index (κ3) is 3.35. The van der Waals surface area contributed by atoms with Crippen LogP contribution in [0.1, 0.15) is 18.1 Å². The SMILES string of the molecule is CNCCC(O)C(O)c1cc(Cl)ccc1O. The molecule has 0 fully saturated rings. The minimum atomic E-state index is -1.13. The van der Waals surface area contributed by atoms with Gasteiger partial charge in [0, 0.05) is 10.6 Å². The summed E-state index contributed by atoms with van der Waals surface area (Å²) >= 11 is 5.75. The van der Waals surface area contributed by atoms with E-state index in [-0.39, 0.29) is 11.3 Å². The number of aliphatic hydroxyl groups excluding tert-OH is 2. The molecule has 16 heavy (non-hydrogen) atoms. The first kappa shape index (κ1) is 13.3. The predicted molar refractivity (Wildman–Crippen MR) is 62.6 cm³/mol. The minimum absolute atomic E-state index is 0.0691. The fraction of sp³-hybridized carbons (Fsp3) is 0.455. The Morgan fingerprint density at radius 2 is 2.06 bits per heavy atom. The number of hydrogen-bond acceptors (Lipinski definition) is 4. The molecular weight excluding hydrogens is 230 g/mol. The predicted octanol–water partition coefficient (Wildman–Crippen LogP) is 1.05. The van der Waals surface area contributed by atoms with Gasteiger partial charge in [0.15, 0.2) is 0 Å². The summed E-state index contributed by atoms with van der Waals surface area (Å²) in [6.45, 7) is 0.583. The van der Waals surface area contributed by atoms with Gasteiger partial charge >= 0.3 is 0 Å². The van der Waals surface area contributed by atoms with E-state index >= 15 is 0 Å². The quantitative estimate of drug-likeness (QED) is 0.626. The smallest absolute Gasteiger partial charge is 0.121 e. The summed E-state index contributed by atoms with van der Waals surface area (Å²) in [5, 5.41) is 32.3.